The monoisotopic (exact) mass is 243 g/mol. The Labute approximate surface area is 105 Å². The lowest BCUT2D eigenvalue weighted by molar-refractivity contribution is 0.596. The summed E-state index contributed by atoms with van der Waals surface area (Å²) in [7, 11) is 1.78. The average molecular weight is 243 g/mol. The van der Waals surface area contributed by atoms with Crippen molar-refractivity contribution in [3.05, 3.63) is 0 Å². The van der Waals surface area contributed by atoms with Crippen molar-refractivity contribution in [2.24, 2.45) is 5.10 Å². The Morgan fingerprint density at radius 2 is 1.75 bits per heavy atom. The van der Waals surface area contributed by atoms with E-state index in [1.54, 1.807) is 7.05 Å². The molecule has 4 heteroatoms. The molecule has 0 spiro atoms. The minimum atomic E-state index is 0.566. The second-order valence-electron chi connectivity index (χ2n) is 3.91. The van der Waals surface area contributed by atoms with Crippen molar-refractivity contribution in [3.63, 3.8) is 0 Å². The molecular formula is C12H25N3S. The van der Waals surface area contributed by atoms with E-state index in [0.717, 1.165) is 6.42 Å². The van der Waals surface area contributed by atoms with E-state index < -0.39 is 0 Å². The highest BCUT2D eigenvalue weighted by atomic mass is 32.1. The third-order valence-electron chi connectivity index (χ3n) is 2.42. The van der Waals surface area contributed by atoms with Crippen LogP contribution in [0.3, 0.4) is 0 Å². The van der Waals surface area contributed by atoms with Crippen LogP contribution in [0.15, 0.2) is 5.10 Å². The van der Waals surface area contributed by atoms with Crippen molar-refractivity contribution in [1.82, 2.24) is 10.7 Å². The van der Waals surface area contributed by atoms with Crippen LogP contribution in [0, 0.1) is 0 Å². The van der Waals surface area contributed by atoms with Crippen LogP contribution in [-0.4, -0.2) is 18.4 Å². The van der Waals surface area contributed by atoms with Crippen LogP contribution in [-0.2, 0) is 0 Å². The Hall–Kier alpha value is -0.640. The minimum absolute atomic E-state index is 0.566. The summed E-state index contributed by atoms with van der Waals surface area (Å²) in [5.74, 6) is 0. The molecule has 0 saturated heterocycles. The van der Waals surface area contributed by atoms with E-state index in [9.17, 15) is 0 Å². The van der Waals surface area contributed by atoms with Gasteiger partial charge in [-0.15, -0.1) is 0 Å². The van der Waals surface area contributed by atoms with Gasteiger partial charge in [0.2, 0.25) is 0 Å². The summed E-state index contributed by atoms with van der Waals surface area (Å²) in [6.07, 6.45) is 12.3. The van der Waals surface area contributed by atoms with Crippen molar-refractivity contribution in [3.8, 4) is 0 Å². The van der Waals surface area contributed by atoms with Gasteiger partial charge in [-0.3, -0.25) is 5.43 Å². The molecule has 0 aliphatic heterocycles. The van der Waals surface area contributed by atoms with E-state index in [2.05, 4.69) is 22.8 Å². The second-order valence-corrected chi connectivity index (χ2v) is 4.32. The summed E-state index contributed by atoms with van der Waals surface area (Å²) in [5.41, 5.74) is 2.74. The number of rotatable bonds is 9. The number of hydrogen-bond donors (Lipinski definition) is 2. The van der Waals surface area contributed by atoms with Gasteiger partial charge in [-0.1, -0.05) is 45.4 Å². The molecule has 0 aromatic heterocycles. The Morgan fingerprint density at radius 3 is 2.38 bits per heavy atom. The lowest BCUT2D eigenvalue weighted by Crippen LogP contribution is -2.28. The van der Waals surface area contributed by atoms with Gasteiger partial charge in [-0.2, -0.15) is 5.10 Å². The van der Waals surface area contributed by atoms with E-state index in [1.165, 1.54) is 44.9 Å². The quantitative estimate of drug-likeness (QED) is 0.282. The average Bonchev–Trinajstić information content (AvgIpc) is 2.31. The molecule has 0 aromatic carbocycles. The van der Waals surface area contributed by atoms with Gasteiger partial charge in [-0.05, 0) is 25.1 Å². The number of thiocarbonyl (C=S) groups is 1. The van der Waals surface area contributed by atoms with Crippen LogP contribution in [0.25, 0.3) is 0 Å². The largest absolute Gasteiger partial charge is 0.364 e. The van der Waals surface area contributed by atoms with Crippen molar-refractivity contribution >= 4 is 23.5 Å². The zero-order valence-electron chi connectivity index (χ0n) is 10.6. The predicted molar refractivity (Wildman–Crippen MR) is 75.9 cm³/mol. The topological polar surface area (TPSA) is 36.4 Å². The molecule has 0 aliphatic carbocycles. The molecule has 0 aliphatic rings. The fourth-order valence-corrected chi connectivity index (χ4v) is 1.47. The molecule has 0 heterocycles. The van der Waals surface area contributed by atoms with Crippen LogP contribution in [0.1, 0.15) is 58.3 Å². The van der Waals surface area contributed by atoms with Gasteiger partial charge < -0.3 is 5.32 Å². The van der Waals surface area contributed by atoms with Gasteiger partial charge in [0.15, 0.2) is 5.11 Å². The first kappa shape index (κ1) is 15.4. The summed E-state index contributed by atoms with van der Waals surface area (Å²) < 4.78 is 0. The van der Waals surface area contributed by atoms with Crippen LogP contribution >= 0.6 is 12.2 Å². The number of hydrogen-bond acceptors (Lipinski definition) is 2. The van der Waals surface area contributed by atoms with Gasteiger partial charge in [0, 0.05) is 13.3 Å². The summed E-state index contributed by atoms with van der Waals surface area (Å²) in [4.78, 5) is 0. The Balaban J connectivity index is 3.11. The van der Waals surface area contributed by atoms with Gasteiger partial charge in [0.05, 0.1) is 0 Å². The third kappa shape index (κ3) is 11.4. The number of hydrazone groups is 1. The normalized spacial score (nSPS) is 10.6. The fraction of sp³-hybridized carbons (Fsp3) is 0.833. The van der Waals surface area contributed by atoms with Crippen LogP contribution in [0.4, 0.5) is 0 Å². The minimum Gasteiger partial charge on any atom is -0.364 e. The molecule has 2 N–H and O–H groups in total. The van der Waals surface area contributed by atoms with Crippen molar-refractivity contribution < 1.29 is 0 Å². The molecule has 0 amide bonds. The Kier molecular flexibility index (Phi) is 11.9. The highest BCUT2D eigenvalue weighted by molar-refractivity contribution is 7.80. The summed E-state index contributed by atoms with van der Waals surface area (Å²) in [5, 5.41) is 7.38. The van der Waals surface area contributed by atoms with Crippen molar-refractivity contribution in [2.75, 3.05) is 7.05 Å². The van der Waals surface area contributed by atoms with Gasteiger partial charge in [-0.25, -0.2) is 0 Å². The smallest absolute Gasteiger partial charge is 0.186 e. The van der Waals surface area contributed by atoms with Crippen molar-refractivity contribution in [1.29, 1.82) is 0 Å². The molecule has 0 fully saturated rings. The first-order valence-electron chi connectivity index (χ1n) is 6.30. The zero-order valence-corrected chi connectivity index (χ0v) is 11.4. The molecule has 16 heavy (non-hydrogen) atoms. The highest BCUT2D eigenvalue weighted by Gasteiger charge is 1.89. The Morgan fingerprint density at radius 1 is 1.12 bits per heavy atom. The van der Waals surface area contributed by atoms with E-state index >= 15 is 0 Å². The van der Waals surface area contributed by atoms with E-state index in [-0.39, 0.29) is 0 Å². The molecule has 3 nitrogen and oxygen atoms in total. The van der Waals surface area contributed by atoms with E-state index in [0.29, 0.717) is 5.11 Å². The lowest BCUT2D eigenvalue weighted by atomic mass is 10.1. The molecule has 0 radical (unpaired) electrons. The van der Waals surface area contributed by atoms with Crippen molar-refractivity contribution in [2.45, 2.75) is 58.3 Å². The van der Waals surface area contributed by atoms with Gasteiger partial charge in [0.25, 0.3) is 0 Å². The van der Waals surface area contributed by atoms with E-state index in [1.807, 2.05) is 6.21 Å². The second kappa shape index (κ2) is 12.4. The fourth-order valence-electron chi connectivity index (χ4n) is 1.42. The lowest BCUT2D eigenvalue weighted by Gasteiger charge is -2.00. The van der Waals surface area contributed by atoms with E-state index in [4.69, 9.17) is 12.2 Å². The first-order chi connectivity index (χ1) is 7.81. The predicted octanol–water partition coefficient (Wildman–Crippen LogP) is 3.21. The van der Waals surface area contributed by atoms with Gasteiger partial charge in [0.1, 0.15) is 0 Å². The summed E-state index contributed by atoms with van der Waals surface area (Å²) in [6.45, 7) is 2.25. The Bertz CT molecular complexity index is 193. The zero-order chi connectivity index (χ0) is 12.1. The molecular weight excluding hydrogens is 218 g/mol. The maximum atomic E-state index is 4.88. The molecule has 0 aromatic rings. The standard InChI is InChI=1S/C12H25N3S/c1-3-4-5-6-7-8-9-10-11-14-15-12(16)13-2/h11H,3-10H2,1-2H3,(H2,13,15,16)/b14-11+. The molecule has 0 unspecified atom stereocenters. The molecule has 0 saturated carbocycles. The van der Waals surface area contributed by atoms with Crippen LogP contribution in [0.5, 0.6) is 0 Å². The van der Waals surface area contributed by atoms with Crippen LogP contribution < -0.4 is 10.7 Å². The molecule has 0 atom stereocenters. The third-order valence-corrected chi connectivity index (χ3v) is 2.72. The SMILES string of the molecule is CCCCCCCCC/C=N/NC(=S)NC. The van der Waals surface area contributed by atoms with Gasteiger partial charge >= 0.3 is 0 Å². The molecule has 0 bridgehead atoms. The molecule has 94 valence electrons. The number of nitrogens with one attached hydrogen (secondary N) is 2. The number of nitrogens with zero attached hydrogens (tertiary/aromatic N) is 1. The maximum Gasteiger partial charge on any atom is 0.186 e. The summed E-state index contributed by atoms with van der Waals surface area (Å²) in [6, 6.07) is 0. The highest BCUT2D eigenvalue weighted by Crippen LogP contribution is 2.07. The first-order valence-corrected chi connectivity index (χ1v) is 6.71. The van der Waals surface area contributed by atoms with Crippen LogP contribution in [0.2, 0.25) is 0 Å². The number of unbranched alkanes of at least 4 members (excludes halogenated alkanes) is 7. The molecule has 0 rings (SSSR count). The maximum absolute atomic E-state index is 4.88. The summed E-state index contributed by atoms with van der Waals surface area (Å²) >= 11 is 4.88.